The third-order valence-corrected chi connectivity index (χ3v) is 6.61. The number of carboxylic acid groups (broad SMARTS) is 1. The Labute approximate surface area is 162 Å². The summed E-state index contributed by atoms with van der Waals surface area (Å²) in [5.74, 6) is -1.48. The predicted octanol–water partition coefficient (Wildman–Crippen LogP) is 2.65. The van der Waals surface area contributed by atoms with Gasteiger partial charge in [-0.3, -0.25) is 9.20 Å². The maximum Gasteiger partial charge on any atom is 0.341 e. The normalized spacial score (nSPS) is 24.6. The van der Waals surface area contributed by atoms with Crippen molar-refractivity contribution in [3.63, 3.8) is 0 Å². The molecule has 28 heavy (non-hydrogen) atoms. The molecule has 0 aromatic carbocycles. The first-order chi connectivity index (χ1) is 13.5. The number of pyridine rings is 2. The summed E-state index contributed by atoms with van der Waals surface area (Å²) in [7, 11) is 0. The minimum atomic E-state index is -1.26. The van der Waals surface area contributed by atoms with Crippen LogP contribution < -0.4 is 15.8 Å². The van der Waals surface area contributed by atoms with Crippen molar-refractivity contribution in [3.8, 4) is 0 Å². The molecule has 2 saturated heterocycles. The van der Waals surface area contributed by atoms with Crippen LogP contribution >= 0.6 is 0 Å². The number of hydrogen-bond donors (Lipinski definition) is 2. The van der Waals surface area contributed by atoms with Crippen molar-refractivity contribution in [2.45, 2.75) is 57.0 Å². The van der Waals surface area contributed by atoms with Crippen LogP contribution in [0.4, 0.5) is 10.1 Å². The third-order valence-electron chi connectivity index (χ3n) is 6.61. The number of aryl methyl sites for hydroxylation is 1. The Bertz CT molecular complexity index is 1040. The van der Waals surface area contributed by atoms with Gasteiger partial charge in [-0.1, -0.05) is 0 Å². The smallest absolute Gasteiger partial charge is 0.341 e. The van der Waals surface area contributed by atoms with Crippen LogP contribution in [-0.4, -0.2) is 40.6 Å². The second kappa shape index (κ2) is 6.30. The minimum Gasteiger partial charge on any atom is -0.477 e. The van der Waals surface area contributed by atoms with Gasteiger partial charge >= 0.3 is 5.97 Å². The molecule has 0 bridgehead atoms. The summed E-state index contributed by atoms with van der Waals surface area (Å²) >= 11 is 0. The summed E-state index contributed by atoms with van der Waals surface area (Å²) in [5.41, 5.74) is 1.89. The molecule has 2 aromatic rings. The van der Waals surface area contributed by atoms with E-state index in [0.29, 0.717) is 17.2 Å². The van der Waals surface area contributed by atoms with Gasteiger partial charge in [0.15, 0.2) is 5.82 Å². The van der Waals surface area contributed by atoms with Gasteiger partial charge < -0.3 is 15.3 Å². The molecule has 148 valence electrons. The van der Waals surface area contributed by atoms with Crippen molar-refractivity contribution in [2.75, 3.05) is 18.0 Å². The number of carbonyl (C=O) groups is 1. The van der Waals surface area contributed by atoms with Crippen LogP contribution in [0.5, 0.6) is 0 Å². The van der Waals surface area contributed by atoms with E-state index in [2.05, 4.69) is 10.2 Å². The molecule has 1 saturated carbocycles. The lowest BCUT2D eigenvalue weighted by molar-refractivity contribution is 0.0694. The van der Waals surface area contributed by atoms with Crippen LogP contribution in [0.1, 0.15) is 59.5 Å². The molecule has 1 aliphatic carbocycles. The highest BCUT2D eigenvalue weighted by atomic mass is 19.1. The van der Waals surface area contributed by atoms with Crippen molar-refractivity contribution in [2.24, 2.45) is 0 Å². The van der Waals surface area contributed by atoms with Gasteiger partial charge in [-0.05, 0) is 68.7 Å². The minimum absolute atomic E-state index is 0.244. The van der Waals surface area contributed by atoms with Gasteiger partial charge in [-0.2, -0.15) is 0 Å². The Morgan fingerprint density at radius 2 is 2.07 bits per heavy atom. The second-order valence-corrected chi connectivity index (χ2v) is 8.32. The molecule has 2 aromatic heterocycles. The zero-order chi connectivity index (χ0) is 19.6. The first kappa shape index (κ1) is 17.7. The van der Waals surface area contributed by atoms with Crippen molar-refractivity contribution < 1.29 is 14.3 Å². The van der Waals surface area contributed by atoms with Crippen molar-refractivity contribution in [3.05, 3.63) is 45.1 Å². The fourth-order valence-corrected chi connectivity index (χ4v) is 5.18. The number of halogens is 1. The van der Waals surface area contributed by atoms with E-state index >= 15 is 4.39 Å². The topological polar surface area (TPSA) is 74.0 Å². The number of piperidine rings is 1. The van der Waals surface area contributed by atoms with E-state index in [1.165, 1.54) is 16.7 Å². The number of rotatable bonds is 3. The van der Waals surface area contributed by atoms with Gasteiger partial charge in [0.2, 0.25) is 0 Å². The highest BCUT2D eigenvalue weighted by Gasteiger charge is 2.38. The maximum atomic E-state index is 15.3. The quantitative estimate of drug-likeness (QED) is 0.850. The molecule has 0 radical (unpaired) electrons. The molecule has 2 atom stereocenters. The van der Waals surface area contributed by atoms with E-state index in [4.69, 9.17) is 0 Å². The molecule has 2 N–H and O–H groups in total. The van der Waals surface area contributed by atoms with Crippen molar-refractivity contribution >= 4 is 17.2 Å². The molecule has 0 spiro atoms. The number of nitrogens with zero attached hydrogens (tertiary/aromatic N) is 2. The number of anilines is 1. The van der Waals surface area contributed by atoms with Crippen LogP contribution in [0.3, 0.4) is 0 Å². The largest absolute Gasteiger partial charge is 0.477 e. The molecule has 2 aliphatic heterocycles. The molecule has 7 heteroatoms. The molecule has 6 nitrogen and oxygen atoms in total. The molecule has 3 fully saturated rings. The Hall–Kier alpha value is -2.41. The number of aromatic nitrogens is 1. The fraction of sp³-hybridized carbons (Fsp3) is 0.524. The number of fused-ring (bicyclic) bond motifs is 2. The van der Waals surface area contributed by atoms with Crippen molar-refractivity contribution in [1.82, 2.24) is 9.72 Å². The fourth-order valence-electron chi connectivity index (χ4n) is 5.18. The highest BCUT2D eigenvalue weighted by molar-refractivity contribution is 5.89. The molecule has 3 aliphatic rings. The van der Waals surface area contributed by atoms with E-state index < -0.39 is 17.3 Å². The maximum absolute atomic E-state index is 15.3. The van der Waals surface area contributed by atoms with E-state index in [-0.39, 0.29) is 17.5 Å². The van der Waals surface area contributed by atoms with E-state index in [1.807, 2.05) is 6.92 Å². The van der Waals surface area contributed by atoms with E-state index in [9.17, 15) is 14.7 Å². The van der Waals surface area contributed by atoms with Crippen LogP contribution in [0.15, 0.2) is 17.1 Å². The van der Waals surface area contributed by atoms with Crippen molar-refractivity contribution in [1.29, 1.82) is 0 Å². The summed E-state index contributed by atoms with van der Waals surface area (Å²) in [6.07, 6.45) is 6.22. The third kappa shape index (κ3) is 2.56. The predicted molar refractivity (Wildman–Crippen MR) is 104 cm³/mol. The van der Waals surface area contributed by atoms with E-state index in [1.54, 1.807) is 0 Å². The Kier molecular flexibility index (Phi) is 3.98. The van der Waals surface area contributed by atoms with Gasteiger partial charge in [-0.25, -0.2) is 9.18 Å². The monoisotopic (exact) mass is 385 g/mol. The van der Waals surface area contributed by atoms with E-state index in [0.717, 1.165) is 56.3 Å². The zero-order valence-corrected chi connectivity index (χ0v) is 15.9. The van der Waals surface area contributed by atoms with Gasteiger partial charge in [0.1, 0.15) is 5.56 Å². The first-order valence-electron chi connectivity index (χ1n) is 10.1. The Balaban J connectivity index is 1.74. The lowest BCUT2D eigenvalue weighted by Crippen LogP contribution is -2.47. The average Bonchev–Trinajstić information content (AvgIpc) is 3.43. The van der Waals surface area contributed by atoms with Crippen LogP contribution in [-0.2, 0) is 0 Å². The Morgan fingerprint density at radius 3 is 2.79 bits per heavy atom. The lowest BCUT2D eigenvalue weighted by Gasteiger charge is -2.35. The SMILES string of the molecule is Cc1c(N2CCC3NCCCC32)c(F)cn2c(=O)c(C(=O)O)cc(C3CC3)c12. The molecule has 0 amide bonds. The van der Waals surface area contributed by atoms with Crippen LogP contribution in [0, 0.1) is 12.7 Å². The molecule has 5 rings (SSSR count). The number of aromatic carboxylic acids is 1. The van der Waals surface area contributed by atoms with Gasteiger partial charge in [0.05, 0.1) is 17.4 Å². The number of hydrogen-bond acceptors (Lipinski definition) is 4. The molecular weight excluding hydrogens is 361 g/mol. The summed E-state index contributed by atoms with van der Waals surface area (Å²) in [6, 6.07) is 2.16. The lowest BCUT2D eigenvalue weighted by atomic mass is 9.98. The number of carboxylic acids is 1. The standard InChI is InChI=1S/C21H24FN3O3/c1-11-18-13(12-4-5-12)9-14(21(27)28)20(26)25(18)10-15(22)19(11)24-8-6-16-17(24)3-2-7-23-16/h9-10,12,16-17,23H,2-8H2,1H3,(H,27,28). The molecular formula is C21H24FN3O3. The second-order valence-electron chi connectivity index (χ2n) is 8.32. The van der Waals surface area contributed by atoms with Crippen LogP contribution in [0.25, 0.3) is 5.52 Å². The summed E-state index contributed by atoms with van der Waals surface area (Å²) < 4.78 is 16.5. The molecule has 4 heterocycles. The summed E-state index contributed by atoms with van der Waals surface area (Å²) in [5, 5.41) is 13.0. The van der Waals surface area contributed by atoms with Gasteiger partial charge in [0.25, 0.3) is 5.56 Å². The molecule has 2 unspecified atom stereocenters. The Morgan fingerprint density at radius 1 is 1.29 bits per heavy atom. The van der Waals surface area contributed by atoms with Crippen LogP contribution in [0.2, 0.25) is 0 Å². The summed E-state index contributed by atoms with van der Waals surface area (Å²) in [6.45, 7) is 3.66. The zero-order valence-electron chi connectivity index (χ0n) is 15.9. The van der Waals surface area contributed by atoms with Gasteiger partial charge in [0, 0.05) is 18.6 Å². The summed E-state index contributed by atoms with van der Waals surface area (Å²) in [4.78, 5) is 26.4. The average molecular weight is 385 g/mol. The first-order valence-corrected chi connectivity index (χ1v) is 10.1. The van der Waals surface area contributed by atoms with Gasteiger partial charge in [-0.15, -0.1) is 0 Å². The number of nitrogens with one attached hydrogen (secondary N) is 1. The highest BCUT2D eigenvalue weighted by Crippen LogP contribution is 2.44.